The molecule has 2 unspecified atom stereocenters. The van der Waals surface area contributed by atoms with Crippen molar-refractivity contribution in [1.29, 1.82) is 0 Å². The van der Waals surface area contributed by atoms with Gasteiger partial charge in [-0.1, -0.05) is 20.8 Å². The average molecular weight is 227 g/mol. The van der Waals surface area contributed by atoms with Crippen LogP contribution < -0.4 is 16.4 Å². The summed E-state index contributed by atoms with van der Waals surface area (Å²) < 4.78 is 0. The van der Waals surface area contributed by atoms with Crippen LogP contribution in [0.3, 0.4) is 0 Å². The minimum atomic E-state index is -0.567. The smallest absolute Gasteiger partial charge is 0.240 e. The molecule has 0 aromatic carbocycles. The summed E-state index contributed by atoms with van der Waals surface area (Å²) in [5, 5.41) is 5.85. The molecule has 92 valence electrons. The molecule has 0 aliphatic carbocycles. The maximum atomic E-state index is 11.8. The first-order valence-corrected chi connectivity index (χ1v) is 5.74. The second kappa shape index (κ2) is 5.30. The molecule has 1 aliphatic heterocycles. The summed E-state index contributed by atoms with van der Waals surface area (Å²) in [5.74, 6) is -0.220. The van der Waals surface area contributed by atoms with Crippen LogP contribution in [0.1, 0.15) is 20.8 Å². The first-order valence-electron chi connectivity index (χ1n) is 5.74. The Kier molecular flexibility index (Phi) is 4.29. The fourth-order valence-corrected chi connectivity index (χ4v) is 1.73. The summed E-state index contributed by atoms with van der Waals surface area (Å²) >= 11 is 0. The lowest BCUT2D eigenvalue weighted by Crippen LogP contribution is -2.54. The topological polar surface area (TPSA) is 84.2 Å². The van der Waals surface area contributed by atoms with E-state index in [4.69, 9.17) is 5.73 Å². The van der Waals surface area contributed by atoms with Gasteiger partial charge in [-0.15, -0.1) is 0 Å². The second-order valence-electron chi connectivity index (χ2n) is 4.84. The normalized spacial score (nSPS) is 20.0. The van der Waals surface area contributed by atoms with Crippen LogP contribution in [0, 0.1) is 17.8 Å². The van der Waals surface area contributed by atoms with Crippen LogP contribution in [0.2, 0.25) is 0 Å². The molecular formula is C11H21N3O2. The van der Waals surface area contributed by atoms with Gasteiger partial charge in [-0.25, -0.2) is 0 Å². The molecule has 1 fully saturated rings. The van der Waals surface area contributed by atoms with Crippen molar-refractivity contribution < 1.29 is 9.59 Å². The molecule has 0 aromatic rings. The molecule has 0 radical (unpaired) electrons. The van der Waals surface area contributed by atoms with Crippen LogP contribution in [0.5, 0.6) is 0 Å². The van der Waals surface area contributed by atoms with Gasteiger partial charge in [-0.3, -0.25) is 9.59 Å². The van der Waals surface area contributed by atoms with E-state index < -0.39 is 11.9 Å². The zero-order valence-corrected chi connectivity index (χ0v) is 10.1. The van der Waals surface area contributed by atoms with Crippen LogP contribution in [0.4, 0.5) is 0 Å². The van der Waals surface area contributed by atoms with Gasteiger partial charge in [0, 0.05) is 5.92 Å². The molecule has 0 bridgehead atoms. The van der Waals surface area contributed by atoms with Crippen molar-refractivity contribution in [3.8, 4) is 0 Å². The monoisotopic (exact) mass is 227 g/mol. The number of hydrogen-bond acceptors (Lipinski definition) is 3. The van der Waals surface area contributed by atoms with Gasteiger partial charge in [-0.2, -0.15) is 0 Å². The molecule has 5 nitrogen and oxygen atoms in total. The molecule has 2 amide bonds. The molecule has 2 atom stereocenters. The summed E-state index contributed by atoms with van der Waals surface area (Å²) in [7, 11) is 0. The number of hydrogen-bond donors (Lipinski definition) is 3. The Morgan fingerprint density at radius 3 is 2.19 bits per heavy atom. The van der Waals surface area contributed by atoms with Crippen molar-refractivity contribution in [2.45, 2.75) is 26.8 Å². The van der Waals surface area contributed by atoms with Gasteiger partial charge in [0.15, 0.2) is 0 Å². The number of primary amides is 1. The fourth-order valence-electron chi connectivity index (χ4n) is 1.73. The van der Waals surface area contributed by atoms with Crippen LogP contribution in [0.15, 0.2) is 0 Å². The Morgan fingerprint density at radius 1 is 1.31 bits per heavy atom. The number of nitrogens with one attached hydrogen (secondary N) is 2. The molecule has 0 saturated carbocycles. The maximum absolute atomic E-state index is 11.8. The van der Waals surface area contributed by atoms with Crippen molar-refractivity contribution in [1.82, 2.24) is 10.6 Å². The lowest BCUT2D eigenvalue weighted by atomic mass is 9.88. The molecule has 0 spiro atoms. The predicted molar refractivity (Wildman–Crippen MR) is 61.5 cm³/mol. The first-order chi connectivity index (χ1) is 7.43. The summed E-state index contributed by atoms with van der Waals surface area (Å²) in [6.45, 7) is 7.37. The predicted octanol–water partition coefficient (Wildman–Crippen LogP) is -0.532. The van der Waals surface area contributed by atoms with Crippen molar-refractivity contribution in [2.24, 2.45) is 23.5 Å². The van der Waals surface area contributed by atoms with Crippen molar-refractivity contribution in [3.63, 3.8) is 0 Å². The number of carbonyl (C=O) groups excluding carboxylic acids is 2. The van der Waals surface area contributed by atoms with E-state index in [2.05, 4.69) is 10.6 Å². The molecule has 1 heterocycles. The first kappa shape index (κ1) is 13.0. The Balaban J connectivity index is 2.50. The molecule has 16 heavy (non-hydrogen) atoms. The van der Waals surface area contributed by atoms with Crippen LogP contribution >= 0.6 is 0 Å². The lowest BCUT2D eigenvalue weighted by Gasteiger charge is -2.32. The van der Waals surface area contributed by atoms with Crippen LogP contribution in [-0.4, -0.2) is 30.9 Å². The Labute approximate surface area is 96.1 Å². The van der Waals surface area contributed by atoms with E-state index in [-0.39, 0.29) is 17.7 Å². The summed E-state index contributed by atoms with van der Waals surface area (Å²) in [4.78, 5) is 23.0. The summed E-state index contributed by atoms with van der Waals surface area (Å²) in [5.41, 5.74) is 5.24. The van der Waals surface area contributed by atoms with E-state index in [0.717, 1.165) is 13.1 Å². The van der Waals surface area contributed by atoms with E-state index in [9.17, 15) is 9.59 Å². The van der Waals surface area contributed by atoms with Crippen LogP contribution in [0.25, 0.3) is 0 Å². The van der Waals surface area contributed by atoms with Crippen molar-refractivity contribution >= 4 is 11.8 Å². The van der Waals surface area contributed by atoms with Crippen LogP contribution in [-0.2, 0) is 9.59 Å². The minimum absolute atomic E-state index is 0.0214. The number of rotatable bonds is 5. The summed E-state index contributed by atoms with van der Waals surface area (Å²) in [6, 6.07) is -0.567. The third-order valence-corrected chi connectivity index (χ3v) is 3.20. The molecule has 1 saturated heterocycles. The van der Waals surface area contributed by atoms with Gasteiger partial charge < -0.3 is 16.4 Å². The highest BCUT2D eigenvalue weighted by Gasteiger charge is 2.31. The molecule has 1 rings (SSSR count). The number of amides is 2. The van der Waals surface area contributed by atoms with Gasteiger partial charge in [-0.05, 0) is 24.9 Å². The highest BCUT2D eigenvalue weighted by molar-refractivity contribution is 5.87. The molecule has 4 N–H and O–H groups in total. The van der Waals surface area contributed by atoms with Crippen molar-refractivity contribution in [3.05, 3.63) is 0 Å². The number of nitrogens with two attached hydrogens (primary N) is 1. The van der Waals surface area contributed by atoms with Gasteiger partial charge in [0.2, 0.25) is 11.8 Å². The zero-order valence-electron chi connectivity index (χ0n) is 10.1. The second-order valence-corrected chi connectivity index (χ2v) is 4.84. The van der Waals surface area contributed by atoms with Gasteiger partial charge in [0.05, 0.1) is 0 Å². The van der Waals surface area contributed by atoms with Crippen molar-refractivity contribution in [2.75, 3.05) is 13.1 Å². The zero-order chi connectivity index (χ0) is 12.3. The Hall–Kier alpha value is -1.10. The van der Waals surface area contributed by atoms with E-state index in [1.165, 1.54) is 0 Å². The molecular weight excluding hydrogens is 206 g/mol. The average Bonchev–Trinajstić information content (AvgIpc) is 2.09. The highest BCUT2D eigenvalue weighted by atomic mass is 16.2. The van der Waals surface area contributed by atoms with E-state index in [1.807, 2.05) is 20.8 Å². The Morgan fingerprint density at radius 2 is 1.88 bits per heavy atom. The SMILES string of the molecule is CC(C)C(NC(=O)C(C)C1CNC1)C(N)=O. The highest BCUT2D eigenvalue weighted by Crippen LogP contribution is 2.16. The fraction of sp³-hybridized carbons (Fsp3) is 0.818. The molecule has 0 aromatic heterocycles. The minimum Gasteiger partial charge on any atom is -0.368 e. The largest absolute Gasteiger partial charge is 0.368 e. The van der Waals surface area contributed by atoms with E-state index in [1.54, 1.807) is 0 Å². The van der Waals surface area contributed by atoms with Gasteiger partial charge in [0.25, 0.3) is 0 Å². The Bertz CT molecular complexity index is 274. The van der Waals surface area contributed by atoms with E-state index in [0.29, 0.717) is 5.92 Å². The third-order valence-electron chi connectivity index (χ3n) is 3.20. The lowest BCUT2D eigenvalue weighted by molar-refractivity contribution is -0.132. The summed E-state index contributed by atoms with van der Waals surface area (Å²) in [6.07, 6.45) is 0. The van der Waals surface area contributed by atoms with E-state index >= 15 is 0 Å². The third kappa shape index (κ3) is 2.95. The molecule has 5 heteroatoms. The molecule has 1 aliphatic rings. The maximum Gasteiger partial charge on any atom is 0.240 e. The number of carbonyl (C=O) groups is 2. The van der Waals surface area contributed by atoms with Gasteiger partial charge in [0.1, 0.15) is 6.04 Å². The quantitative estimate of drug-likeness (QED) is 0.590. The van der Waals surface area contributed by atoms with Gasteiger partial charge >= 0.3 is 0 Å². The standard InChI is InChI=1S/C11H21N3O2/c1-6(2)9(10(12)15)14-11(16)7(3)8-4-13-5-8/h6-9,13H,4-5H2,1-3H3,(H2,12,15)(H,14,16).